The molecule has 2 aromatic rings. The third kappa shape index (κ3) is 4.55. The maximum absolute atomic E-state index is 12.0. The maximum atomic E-state index is 12.0. The van der Waals surface area contributed by atoms with E-state index in [0.29, 0.717) is 27.5 Å². The van der Waals surface area contributed by atoms with Gasteiger partial charge in [0.1, 0.15) is 0 Å². The Kier molecular flexibility index (Phi) is 5.73. The van der Waals surface area contributed by atoms with E-state index >= 15 is 0 Å². The lowest BCUT2D eigenvalue weighted by atomic mass is 10.1. The highest BCUT2D eigenvalue weighted by atomic mass is 35.5. The summed E-state index contributed by atoms with van der Waals surface area (Å²) in [7, 11) is 0. The van der Waals surface area contributed by atoms with Crippen LogP contribution in [0.2, 0.25) is 5.02 Å². The summed E-state index contributed by atoms with van der Waals surface area (Å²) >= 11 is 6.04. The number of para-hydroxylation sites is 1. The number of Topliss-reactive ketones (excluding diaryl/α,β-unsaturated/α-hetero) is 1. The van der Waals surface area contributed by atoms with Crippen molar-refractivity contribution in [2.75, 3.05) is 17.2 Å². The predicted octanol–water partition coefficient (Wildman–Crippen LogP) is 3.09. The molecule has 0 aliphatic carbocycles. The number of aliphatic hydroxyl groups excluding tert-OH is 1. The van der Waals surface area contributed by atoms with Crippen molar-refractivity contribution in [1.29, 1.82) is 0 Å². The number of carbonyl (C=O) groups is 2. The molecule has 0 atom stereocenters. The molecule has 0 saturated carbocycles. The number of ketones is 1. The van der Waals surface area contributed by atoms with Gasteiger partial charge in [0.05, 0.1) is 29.5 Å². The number of hydrogen-bond donors (Lipinski definition) is 3. The lowest BCUT2D eigenvalue weighted by Crippen LogP contribution is -2.23. The highest BCUT2D eigenvalue weighted by Gasteiger charge is 2.10. The first-order valence-electron chi connectivity index (χ1n) is 7.04. The van der Waals surface area contributed by atoms with Crippen LogP contribution in [0.5, 0.6) is 0 Å². The first-order chi connectivity index (χ1) is 11.0. The SMILES string of the molecule is CC(=O)c1ccccc1NC(=O)CNc1cc(CO)ccc1Cl. The third-order valence-electron chi connectivity index (χ3n) is 3.23. The van der Waals surface area contributed by atoms with Gasteiger partial charge in [-0.3, -0.25) is 9.59 Å². The molecule has 0 saturated heterocycles. The van der Waals surface area contributed by atoms with Gasteiger partial charge in [0.15, 0.2) is 5.78 Å². The van der Waals surface area contributed by atoms with Crippen LogP contribution in [0.3, 0.4) is 0 Å². The fourth-order valence-electron chi connectivity index (χ4n) is 2.08. The van der Waals surface area contributed by atoms with Gasteiger partial charge in [-0.05, 0) is 36.8 Å². The lowest BCUT2D eigenvalue weighted by molar-refractivity contribution is -0.114. The number of rotatable bonds is 6. The number of benzene rings is 2. The lowest BCUT2D eigenvalue weighted by Gasteiger charge is -2.12. The molecule has 2 aromatic carbocycles. The molecule has 0 radical (unpaired) electrons. The second kappa shape index (κ2) is 7.76. The van der Waals surface area contributed by atoms with Crippen LogP contribution in [0.25, 0.3) is 0 Å². The van der Waals surface area contributed by atoms with Gasteiger partial charge in [0, 0.05) is 5.56 Å². The molecule has 1 amide bonds. The molecule has 6 heteroatoms. The Morgan fingerprint density at radius 3 is 2.57 bits per heavy atom. The number of halogens is 1. The van der Waals surface area contributed by atoms with Gasteiger partial charge in [-0.2, -0.15) is 0 Å². The van der Waals surface area contributed by atoms with Crippen LogP contribution in [-0.2, 0) is 11.4 Å². The molecule has 0 bridgehead atoms. The Labute approximate surface area is 139 Å². The summed E-state index contributed by atoms with van der Waals surface area (Å²) in [6.07, 6.45) is 0. The van der Waals surface area contributed by atoms with E-state index in [4.69, 9.17) is 16.7 Å². The molecule has 0 aromatic heterocycles. The summed E-state index contributed by atoms with van der Waals surface area (Å²) < 4.78 is 0. The predicted molar refractivity (Wildman–Crippen MR) is 90.9 cm³/mol. The van der Waals surface area contributed by atoms with Crippen molar-refractivity contribution >= 4 is 34.7 Å². The Balaban J connectivity index is 2.02. The van der Waals surface area contributed by atoms with Crippen LogP contribution in [-0.4, -0.2) is 23.3 Å². The topological polar surface area (TPSA) is 78.4 Å². The minimum atomic E-state index is -0.302. The van der Waals surface area contributed by atoms with E-state index in [-0.39, 0.29) is 24.8 Å². The van der Waals surface area contributed by atoms with Gasteiger partial charge in [0.25, 0.3) is 0 Å². The smallest absolute Gasteiger partial charge is 0.243 e. The van der Waals surface area contributed by atoms with E-state index in [1.54, 1.807) is 42.5 Å². The normalized spacial score (nSPS) is 10.2. The van der Waals surface area contributed by atoms with Crippen molar-refractivity contribution in [2.45, 2.75) is 13.5 Å². The Morgan fingerprint density at radius 2 is 1.87 bits per heavy atom. The zero-order valence-corrected chi connectivity index (χ0v) is 13.4. The highest BCUT2D eigenvalue weighted by molar-refractivity contribution is 6.33. The average Bonchev–Trinajstić information content (AvgIpc) is 2.54. The van der Waals surface area contributed by atoms with Crippen molar-refractivity contribution in [3.8, 4) is 0 Å². The van der Waals surface area contributed by atoms with E-state index in [1.807, 2.05) is 0 Å². The second-order valence-electron chi connectivity index (χ2n) is 4.98. The number of amides is 1. The van der Waals surface area contributed by atoms with Gasteiger partial charge >= 0.3 is 0 Å². The summed E-state index contributed by atoms with van der Waals surface area (Å²) in [5, 5.41) is 15.2. The molecular formula is C17H17ClN2O3. The largest absolute Gasteiger partial charge is 0.392 e. The monoisotopic (exact) mass is 332 g/mol. The van der Waals surface area contributed by atoms with Crippen molar-refractivity contribution in [3.63, 3.8) is 0 Å². The van der Waals surface area contributed by atoms with E-state index in [0.717, 1.165) is 0 Å². The summed E-state index contributed by atoms with van der Waals surface area (Å²) in [4.78, 5) is 23.6. The number of nitrogens with one attached hydrogen (secondary N) is 2. The van der Waals surface area contributed by atoms with Crippen molar-refractivity contribution < 1.29 is 14.7 Å². The minimum Gasteiger partial charge on any atom is -0.392 e. The van der Waals surface area contributed by atoms with Crippen molar-refractivity contribution in [2.24, 2.45) is 0 Å². The van der Waals surface area contributed by atoms with Gasteiger partial charge < -0.3 is 15.7 Å². The van der Waals surface area contributed by atoms with Crippen molar-refractivity contribution in [3.05, 3.63) is 58.6 Å². The van der Waals surface area contributed by atoms with Crippen LogP contribution in [0.4, 0.5) is 11.4 Å². The number of carbonyl (C=O) groups excluding carboxylic acids is 2. The molecule has 0 fully saturated rings. The summed E-state index contributed by atoms with van der Waals surface area (Å²) in [5.41, 5.74) is 2.19. The van der Waals surface area contributed by atoms with Crippen LogP contribution < -0.4 is 10.6 Å². The van der Waals surface area contributed by atoms with E-state index in [9.17, 15) is 9.59 Å². The Morgan fingerprint density at radius 1 is 1.13 bits per heavy atom. The van der Waals surface area contributed by atoms with Crippen LogP contribution in [0.1, 0.15) is 22.8 Å². The fraction of sp³-hybridized carbons (Fsp3) is 0.176. The fourth-order valence-corrected chi connectivity index (χ4v) is 2.26. The van der Waals surface area contributed by atoms with E-state index < -0.39 is 0 Å². The molecule has 120 valence electrons. The molecule has 2 rings (SSSR count). The molecule has 0 spiro atoms. The molecule has 0 aliphatic rings. The number of anilines is 2. The summed E-state index contributed by atoms with van der Waals surface area (Å²) in [6.45, 7) is 1.33. The molecule has 0 unspecified atom stereocenters. The first kappa shape index (κ1) is 17.0. The second-order valence-corrected chi connectivity index (χ2v) is 5.38. The number of aliphatic hydroxyl groups is 1. The average molecular weight is 333 g/mol. The summed E-state index contributed by atoms with van der Waals surface area (Å²) in [5.74, 6) is -0.420. The Bertz CT molecular complexity index is 732. The first-order valence-corrected chi connectivity index (χ1v) is 7.42. The minimum absolute atomic E-state index is 0.0131. The molecule has 23 heavy (non-hydrogen) atoms. The van der Waals surface area contributed by atoms with E-state index in [1.165, 1.54) is 6.92 Å². The Hall–Kier alpha value is -2.37. The zero-order chi connectivity index (χ0) is 16.8. The van der Waals surface area contributed by atoms with Gasteiger partial charge in [0.2, 0.25) is 5.91 Å². The molecular weight excluding hydrogens is 316 g/mol. The molecule has 0 aliphatic heterocycles. The third-order valence-corrected chi connectivity index (χ3v) is 3.56. The molecule has 0 heterocycles. The quantitative estimate of drug-likeness (QED) is 0.710. The van der Waals surface area contributed by atoms with Crippen molar-refractivity contribution in [1.82, 2.24) is 0 Å². The zero-order valence-electron chi connectivity index (χ0n) is 12.6. The van der Waals surface area contributed by atoms with Crippen LogP contribution in [0.15, 0.2) is 42.5 Å². The number of hydrogen-bond acceptors (Lipinski definition) is 4. The maximum Gasteiger partial charge on any atom is 0.243 e. The molecule has 3 N–H and O–H groups in total. The molecule has 5 nitrogen and oxygen atoms in total. The van der Waals surface area contributed by atoms with Gasteiger partial charge in [-0.25, -0.2) is 0 Å². The van der Waals surface area contributed by atoms with Gasteiger partial charge in [-0.1, -0.05) is 29.8 Å². The highest BCUT2D eigenvalue weighted by Crippen LogP contribution is 2.23. The standard InChI is InChI=1S/C17H17ClN2O3/c1-11(22)13-4-2-3-5-15(13)20-17(23)9-19-16-8-12(10-21)6-7-14(16)18/h2-8,19,21H,9-10H2,1H3,(H,20,23). The van der Waals surface area contributed by atoms with Crippen LogP contribution >= 0.6 is 11.6 Å². The van der Waals surface area contributed by atoms with Gasteiger partial charge in [-0.15, -0.1) is 0 Å². The summed E-state index contributed by atoms with van der Waals surface area (Å²) in [6, 6.07) is 11.9. The van der Waals surface area contributed by atoms with E-state index in [2.05, 4.69) is 10.6 Å². The van der Waals surface area contributed by atoms with Crippen LogP contribution in [0, 0.1) is 0 Å².